The molecule has 1 N–H and O–H groups in total. The van der Waals surface area contributed by atoms with Gasteiger partial charge in [-0.2, -0.15) is 0 Å². The zero-order chi connectivity index (χ0) is 17.6. The number of rotatable bonds is 6. The maximum atomic E-state index is 13.5. The minimum atomic E-state index is -0.432. The molecule has 0 aliphatic heterocycles. The lowest BCUT2D eigenvalue weighted by Crippen LogP contribution is -2.13. The van der Waals surface area contributed by atoms with Gasteiger partial charge in [0.25, 0.3) is 0 Å². The van der Waals surface area contributed by atoms with Crippen LogP contribution in [-0.2, 0) is 4.79 Å². The van der Waals surface area contributed by atoms with Crippen molar-refractivity contribution in [1.29, 1.82) is 0 Å². The molecule has 0 saturated carbocycles. The molecule has 0 aliphatic rings. The zero-order valence-corrected chi connectivity index (χ0v) is 14.6. The highest BCUT2D eigenvalue weighted by molar-refractivity contribution is 7.99. The Labute approximate surface area is 150 Å². The third-order valence-corrected chi connectivity index (χ3v) is 4.56. The largest absolute Gasteiger partial charge is 0.324 e. The quantitative estimate of drug-likeness (QED) is 0.665. The van der Waals surface area contributed by atoms with E-state index >= 15 is 0 Å². The van der Waals surface area contributed by atoms with Crippen molar-refractivity contribution in [2.75, 3.05) is 11.1 Å². The van der Waals surface area contributed by atoms with Crippen LogP contribution < -0.4 is 5.32 Å². The minimum absolute atomic E-state index is 0.207. The van der Waals surface area contributed by atoms with Crippen LogP contribution in [0.3, 0.4) is 0 Å². The van der Waals surface area contributed by atoms with Crippen LogP contribution in [0.5, 0.6) is 0 Å². The third-order valence-electron chi connectivity index (χ3n) is 3.59. The first-order valence-corrected chi connectivity index (χ1v) is 8.89. The topological polar surface area (TPSA) is 46.9 Å². The van der Waals surface area contributed by atoms with Gasteiger partial charge >= 0.3 is 0 Å². The lowest BCUT2D eigenvalue weighted by Gasteiger charge is -2.09. The predicted octanol–water partition coefficient (Wildman–Crippen LogP) is 4.44. The standard InChI is InChI=1S/C19H18FN3OS/c1-14-5-4-6-15(13-14)23-11-10-21-19(23)25-12-9-18(24)22-17-8-3-2-7-16(17)20/h2-8,10-11,13H,9,12H2,1H3,(H,22,24). The monoisotopic (exact) mass is 355 g/mol. The third kappa shape index (κ3) is 4.48. The minimum Gasteiger partial charge on any atom is -0.324 e. The number of benzene rings is 2. The highest BCUT2D eigenvalue weighted by atomic mass is 32.2. The Morgan fingerprint density at radius 1 is 1.24 bits per heavy atom. The van der Waals surface area contributed by atoms with E-state index in [9.17, 15) is 9.18 Å². The van der Waals surface area contributed by atoms with E-state index in [-0.39, 0.29) is 18.0 Å². The van der Waals surface area contributed by atoms with Crippen LogP contribution >= 0.6 is 11.8 Å². The molecule has 6 heteroatoms. The molecule has 25 heavy (non-hydrogen) atoms. The predicted molar refractivity (Wildman–Crippen MR) is 98.7 cm³/mol. The molecule has 0 fully saturated rings. The number of imidazole rings is 1. The molecule has 3 rings (SSSR count). The van der Waals surface area contributed by atoms with Gasteiger partial charge in [0, 0.05) is 30.3 Å². The summed E-state index contributed by atoms with van der Waals surface area (Å²) in [4.78, 5) is 16.3. The molecule has 3 aromatic rings. The molecule has 1 aromatic heterocycles. The van der Waals surface area contributed by atoms with Crippen LogP contribution in [0.25, 0.3) is 5.69 Å². The van der Waals surface area contributed by atoms with Gasteiger partial charge in [-0.1, -0.05) is 36.0 Å². The fourth-order valence-electron chi connectivity index (χ4n) is 2.38. The van der Waals surface area contributed by atoms with Crippen LogP contribution in [0.2, 0.25) is 0 Å². The van der Waals surface area contributed by atoms with E-state index in [1.165, 1.54) is 23.4 Å². The summed E-state index contributed by atoms with van der Waals surface area (Å²) in [6.07, 6.45) is 3.92. The fraction of sp³-hybridized carbons (Fsp3) is 0.158. The molecule has 128 valence electrons. The average Bonchev–Trinajstić information content (AvgIpc) is 3.05. The lowest BCUT2D eigenvalue weighted by atomic mass is 10.2. The van der Waals surface area contributed by atoms with Crippen molar-refractivity contribution in [3.63, 3.8) is 0 Å². The molecule has 1 amide bonds. The average molecular weight is 355 g/mol. The van der Waals surface area contributed by atoms with E-state index in [1.807, 2.05) is 35.9 Å². The molecule has 4 nitrogen and oxygen atoms in total. The van der Waals surface area contributed by atoms with Gasteiger partial charge in [0.15, 0.2) is 5.16 Å². The molecular weight excluding hydrogens is 337 g/mol. The number of nitrogens with zero attached hydrogens (tertiary/aromatic N) is 2. The second-order valence-corrected chi connectivity index (χ2v) is 6.61. The van der Waals surface area contributed by atoms with Gasteiger partial charge in [-0.05, 0) is 36.8 Å². The van der Waals surface area contributed by atoms with E-state index in [2.05, 4.69) is 16.4 Å². The summed E-state index contributed by atoms with van der Waals surface area (Å²) in [5.41, 5.74) is 2.42. The number of para-hydroxylation sites is 1. The first-order chi connectivity index (χ1) is 12.1. The fourth-order valence-corrected chi connectivity index (χ4v) is 3.29. The number of halogens is 1. The van der Waals surface area contributed by atoms with Crippen LogP contribution in [0.1, 0.15) is 12.0 Å². The Morgan fingerprint density at radius 3 is 2.88 bits per heavy atom. The molecule has 0 unspecified atom stereocenters. The Hall–Kier alpha value is -2.60. The molecule has 0 aliphatic carbocycles. The van der Waals surface area contributed by atoms with E-state index < -0.39 is 5.82 Å². The number of carbonyl (C=O) groups is 1. The molecule has 0 bridgehead atoms. The molecule has 0 saturated heterocycles. The second kappa shape index (κ2) is 7.98. The molecule has 0 radical (unpaired) electrons. The SMILES string of the molecule is Cc1cccc(-n2ccnc2SCCC(=O)Nc2ccccc2F)c1. The zero-order valence-electron chi connectivity index (χ0n) is 13.8. The van der Waals surface area contributed by atoms with Crippen molar-refractivity contribution >= 4 is 23.4 Å². The highest BCUT2D eigenvalue weighted by Gasteiger charge is 2.09. The Balaban J connectivity index is 1.57. The lowest BCUT2D eigenvalue weighted by molar-refractivity contribution is -0.115. The Kier molecular flexibility index (Phi) is 5.50. The van der Waals surface area contributed by atoms with E-state index in [0.717, 1.165) is 10.8 Å². The molecule has 2 aromatic carbocycles. The summed E-state index contributed by atoms with van der Waals surface area (Å²) in [5, 5.41) is 3.41. The summed E-state index contributed by atoms with van der Waals surface area (Å²) in [6, 6.07) is 14.3. The second-order valence-electron chi connectivity index (χ2n) is 5.55. The van der Waals surface area contributed by atoms with E-state index in [1.54, 1.807) is 24.4 Å². The van der Waals surface area contributed by atoms with Crippen molar-refractivity contribution in [3.8, 4) is 5.69 Å². The number of aryl methyl sites for hydroxylation is 1. The number of anilines is 1. The van der Waals surface area contributed by atoms with Crippen LogP contribution in [0.15, 0.2) is 66.1 Å². The summed E-state index contributed by atoms with van der Waals surface area (Å²) >= 11 is 1.49. The number of aromatic nitrogens is 2. The van der Waals surface area contributed by atoms with Gasteiger partial charge in [0.1, 0.15) is 5.82 Å². The first-order valence-electron chi connectivity index (χ1n) is 7.91. The number of thioether (sulfide) groups is 1. The highest BCUT2D eigenvalue weighted by Crippen LogP contribution is 2.22. The van der Waals surface area contributed by atoms with Gasteiger partial charge in [-0.25, -0.2) is 9.37 Å². The van der Waals surface area contributed by atoms with Gasteiger partial charge in [0.2, 0.25) is 5.91 Å². The van der Waals surface area contributed by atoms with Crippen LogP contribution in [-0.4, -0.2) is 21.2 Å². The summed E-state index contributed by atoms with van der Waals surface area (Å²) in [5.74, 6) is -0.0897. The Bertz CT molecular complexity index is 878. The molecule has 1 heterocycles. The summed E-state index contributed by atoms with van der Waals surface area (Å²) in [6.45, 7) is 2.04. The number of carbonyl (C=O) groups excluding carboxylic acids is 1. The van der Waals surface area contributed by atoms with Crippen molar-refractivity contribution in [2.45, 2.75) is 18.5 Å². The summed E-state index contributed by atoms with van der Waals surface area (Å²) < 4.78 is 15.5. The first kappa shape index (κ1) is 17.2. The molecular formula is C19H18FN3OS. The maximum absolute atomic E-state index is 13.5. The summed E-state index contributed by atoms with van der Waals surface area (Å²) in [7, 11) is 0. The van der Waals surface area contributed by atoms with E-state index in [4.69, 9.17) is 0 Å². The number of hydrogen-bond acceptors (Lipinski definition) is 3. The van der Waals surface area contributed by atoms with Gasteiger partial charge in [-0.3, -0.25) is 9.36 Å². The van der Waals surface area contributed by atoms with E-state index in [0.29, 0.717) is 5.75 Å². The van der Waals surface area contributed by atoms with Gasteiger partial charge < -0.3 is 5.32 Å². The Morgan fingerprint density at radius 2 is 2.08 bits per heavy atom. The number of hydrogen-bond donors (Lipinski definition) is 1. The number of nitrogens with one attached hydrogen (secondary N) is 1. The van der Waals surface area contributed by atoms with Crippen molar-refractivity contribution < 1.29 is 9.18 Å². The van der Waals surface area contributed by atoms with Crippen molar-refractivity contribution in [1.82, 2.24) is 9.55 Å². The van der Waals surface area contributed by atoms with Crippen LogP contribution in [0.4, 0.5) is 10.1 Å². The van der Waals surface area contributed by atoms with Crippen molar-refractivity contribution in [3.05, 3.63) is 72.3 Å². The van der Waals surface area contributed by atoms with Gasteiger partial charge in [0.05, 0.1) is 5.69 Å². The maximum Gasteiger partial charge on any atom is 0.225 e. The molecule has 0 spiro atoms. The van der Waals surface area contributed by atoms with Gasteiger partial charge in [-0.15, -0.1) is 0 Å². The van der Waals surface area contributed by atoms with Crippen molar-refractivity contribution in [2.24, 2.45) is 0 Å². The molecule has 0 atom stereocenters. The van der Waals surface area contributed by atoms with Crippen LogP contribution in [0, 0.1) is 12.7 Å². The normalized spacial score (nSPS) is 10.6. The number of amides is 1. The smallest absolute Gasteiger partial charge is 0.225 e.